The number of carbonyl (C=O) groups excluding carboxylic acids is 2. The minimum Gasteiger partial charge on any atom is -0.459 e. The van der Waals surface area contributed by atoms with Crippen LogP contribution in [0.2, 0.25) is 0 Å². The Kier molecular flexibility index (Phi) is 3.94. The zero-order chi connectivity index (χ0) is 13.8. The molecule has 2 N–H and O–H groups in total. The second-order valence-electron chi connectivity index (χ2n) is 4.51. The van der Waals surface area contributed by atoms with E-state index in [9.17, 15) is 14.4 Å². The van der Waals surface area contributed by atoms with Gasteiger partial charge in [0.2, 0.25) is 11.3 Å². The number of aromatic nitrogens is 2. The molecule has 1 fully saturated rings. The Morgan fingerprint density at radius 3 is 3.00 bits per heavy atom. The Morgan fingerprint density at radius 1 is 1.53 bits per heavy atom. The van der Waals surface area contributed by atoms with Crippen molar-refractivity contribution in [3.8, 4) is 0 Å². The third-order valence-electron chi connectivity index (χ3n) is 2.93. The molecule has 7 heteroatoms. The minimum absolute atomic E-state index is 0.135. The fraction of sp³-hybridized carbons (Fsp3) is 0.500. The third-order valence-corrected chi connectivity index (χ3v) is 2.93. The fourth-order valence-corrected chi connectivity index (χ4v) is 1.87. The summed E-state index contributed by atoms with van der Waals surface area (Å²) in [5, 5.41) is 9.10. The van der Waals surface area contributed by atoms with Gasteiger partial charge in [0.25, 0.3) is 0 Å². The molecule has 0 spiro atoms. The average molecular weight is 265 g/mol. The van der Waals surface area contributed by atoms with Crippen LogP contribution in [0.4, 0.5) is 0 Å². The Hall–Kier alpha value is -2.18. The molecule has 1 atom stereocenters. The molecule has 0 radical (unpaired) electrons. The van der Waals surface area contributed by atoms with Gasteiger partial charge in [-0.05, 0) is 13.3 Å². The Labute approximate surface area is 109 Å². The van der Waals surface area contributed by atoms with Crippen LogP contribution < -0.4 is 10.7 Å². The van der Waals surface area contributed by atoms with Gasteiger partial charge in [0.05, 0.1) is 5.92 Å². The summed E-state index contributed by atoms with van der Waals surface area (Å²) in [6.07, 6.45) is 0.693. The summed E-state index contributed by atoms with van der Waals surface area (Å²) in [6, 6.07) is 1.39. The number of esters is 1. The highest BCUT2D eigenvalue weighted by Gasteiger charge is 2.26. The maximum absolute atomic E-state index is 11.8. The quantitative estimate of drug-likeness (QED) is 0.727. The molecule has 0 bridgehead atoms. The van der Waals surface area contributed by atoms with Crippen molar-refractivity contribution in [1.29, 1.82) is 0 Å². The average Bonchev–Trinajstić information content (AvgIpc) is 2.37. The number of rotatable bonds is 3. The Bertz CT molecular complexity index is 552. The maximum atomic E-state index is 11.8. The summed E-state index contributed by atoms with van der Waals surface area (Å²) >= 11 is 0. The van der Waals surface area contributed by atoms with Gasteiger partial charge in [-0.15, -0.1) is 0 Å². The fourth-order valence-electron chi connectivity index (χ4n) is 1.87. The third kappa shape index (κ3) is 3.40. The van der Waals surface area contributed by atoms with Gasteiger partial charge in [-0.3, -0.25) is 19.5 Å². The molecule has 1 amide bonds. The molecule has 0 aliphatic carbocycles. The van der Waals surface area contributed by atoms with Crippen molar-refractivity contribution in [2.24, 2.45) is 5.92 Å². The molecule has 19 heavy (non-hydrogen) atoms. The van der Waals surface area contributed by atoms with Gasteiger partial charge in [-0.25, -0.2) is 0 Å². The van der Waals surface area contributed by atoms with Gasteiger partial charge in [-0.1, -0.05) is 0 Å². The molecule has 2 rings (SSSR count). The number of aryl methyl sites for hydroxylation is 1. The topological polar surface area (TPSA) is 101 Å². The number of piperidine rings is 1. The van der Waals surface area contributed by atoms with E-state index < -0.39 is 11.9 Å². The van der Waals surface area contributed by atoms with E-state index in [4.69, 9.17) is 4.74 Å². The molecule has 1 aromatic heterocycles. The molecule has 2 heterocycles. The number of aromatic amines is 1. The van der Waals surface area contributed by atoms with E-state index >= 15 is 0 Å². The molecule has 1 aromatic rings. The van der Waals surface area contributed by atoms with Gasteiger partial charge in [0, 0.05) is 24.7 Å². The second kappa shape index (κ2) is 5.64. The van der Waals surface area contributed by atoms with Crippen LogP contribution >= 0.6 is 0 Å². The van der Waals surface area contributed by atoms with Crippen molar-refractivity contribution in [3.05, 3.63) is 27.7 Å². The molecule has 1 unspecified atom stereocenters. The zero-order valence-electron chi connectivity index (χ0n) is 10.6. The smallest absolute Gasteiger partial charge is 0.309 e. The lowest BCUT2D eigenvalue weighted by Crippen LogP contribution is -2.37. The minimum atomic E-state index is -0.461. The first-order valence-corrected chi connectivity index (χ1v) is 6.05. The van der Waals surface area contributed by atoms with Crippen LogP contribution in [0, 0.1) is 12.8 Å². The number of hydrogen-bond acceptors (Lipinski definition) is 5. The first kappa shape index (κ1) is 13.3. The first-order valence-electron chi connectivity index (χ1n) is 6.05. The molecule has 1 aliphatic heterocycles. The highest BCUT2D eigenvalue weighted by molar-refractivity contribution is 5.84. The number of nitrogens with one attached hydrogen (secondary N) is 2. The van der Waals surface area contributed by atoms with Gasteiger partial charge in [-0.2, -0.15) is 5.10 Å². The highest BCUT2D eigenvalue weighted by atomic mass is 16.5. The van der Waals surface area contributed by atoms with Crippen LogP contribution in [-0.2, 0) is 20.9 Å². The summed E-state index contributed by atoms with van der Waals surface area (Å²) in [5.41, 5.74) is 0.522. The predicted molar refractivity (Wildman–Crippen MR) is 65.1 cm³/mol. The monoisotopic (exact) mass is 265 g/mol. The van der Waals surface area contributed by atoms with E-state index in [0.717, 1.165) is 0 Å². The summed E-state index contributed by atoms with van der Waals surface area (Å²) in [4.78, 5) is 34.5. The maximum Gasteiger partial charge on any atom is 0.309 e. The van der Waals surface area contributed by atoms with E-state index in [0.29, 0.717) is 18.7 Å². The van der Waals surface area contributed by atoms with E-state index in [2.05, 4.69) is 15.5 Å². The van der Waals surface area contributed by atoms with E-state index in [1.807, 2.05) is 0 Å². The van der Waals surface area contributed by atoms with Crippen LogP contribution in [0.5, 0.6) is 0 Å². The second-order valence-corrected chi connectivity index (χ2v) is 4.51. The summed E-state index contributed by atoms with van der Waals surface area (Å²) in [5.74, 6) is -1.05. The zero-order valence-corrected chi connectivity index (χ0v) is 10.6. The number of amides is 1. The molecular formula is C12H15N3O4. The van der Waals surface area contributed by atoms with Gasteiger partial charge in [0.15, 0.2) is 0 Å². The molecular weight excluding hydrogens is 250 g/mol. The summed E-state index contributed by atoms with van der Waals surface area (Å²) < 4.78 is 5.04. The van der Waals surface area contributed by atoms with Crippen LogP contribution in [0.3, 0.4) is 0 Å². The van der Waals surface area contributed by atoms with E-state index in [1.54, 1.807) is 6.92 Å². The summed E-state index contributed by atoms with van der Waals surface area (Å²) in [7, 11) is 0. The molecule has 0 aromatic carbocycles. The lowest BCUT2D eigenvalue weighted by atomic mass is 9.98. The Morgan fingerprint density at radius 2 is 2.32 bits per heavy atom. The molecule has 0 saturated carbocycles. The van der Waals surface area contributed by atoms with Crippen molar-refractivity contribution < 1.29 is 14.3 Å². The van der Waals surface area contributed by atoms with Crippen LogP contribution in [-0.4, -0.2) is 28.6 Å². The largest absolute Gasteiger partial charge is 0.459 e. The molecule has 7 nitrogen and oxygen atoms in total. The number of hydrogen-bond donors (Lipinski definition) is 2. The number of nitrogens with zero attached hydrogens (tertiary/aromatic N) is 1. The Balaban J connectivity index is 1.93. The number of ether oxygens (including phenoxy) is 1. The highest BCUT2D eigenvalue weighted by Crippen LogP contribution is 2.14. The van der Waals surface area contributed by atoms with Gasteiger partial charge >= 0.3 is 5.97 Å². The van der Waals surface area contributed by atoms with Gasteiger partial charge < -0.3 is 10.1 Å². The van der Waals surface area contributed by atoms with Crippen molar-refractivity contribution in [3.63, 3.8) is 0 Å². The van der Waals surface area contributed by atoms with Crippen LogP contribution in [0.15, 0.2) is 10.9 Å². The normalized spacial score (nSPS) is 18.8. The first-order chi connectivity index (χ1) is 9.06. The van der Waals surface area contributed by atoms with Crippen molar-refractivity contribution >= 4 is 11.9 Å². The molecule has 102 valence electrons. The van der Waals surface area contributed by atoms with E-state index in [1.165, 1.54) is 6.07 Å². The molecule has 1 aliphatic rings. The SMILES string of the molecule is Cc1cc(=O)c(COC(=O)C2CCNC(=O)C2)n[nH]1. The standard InChI is InChI=1S/C12H15N3O4/c1-7-4-10(16)9(15-14-7)6-19-12(18)8-2-3-13-11(17)5-8/h4,8H,2-3,5-6H2,1H3,(H,13,17)(H,14,16). The lowest BCUT2D eigenvalue weighted by Gasteiger charge is -2.20. The van der Waals surface area contributed by atoms with Gasteiger partial charge in [0.1, 0.15) is 12.3 Å². The molecule has 1 saturated heterocycles. The van der Waals surface area contributed by atoms with Crippen molar-refractivity contribution in [2.45, 2.75) is 26.4 Å². The summed E-state index contributed by atoms with van der Waals surface area (Å²) in [6.45, 7) is 2.01. The van der Waals surface area contributed by atoms with E-state index in [-0.39, 0.29) is 30.1 Å². The number of H-pyrrole nitrogens is 1. The van der Waals surface area contributed by atoms with Crippen molar-refractivity contribution in [1.82, 2.24) is 15.5 Å². The van der Waals surface area contributed by atoms with Crippen molar-refractivity contribution in [2.75, 3.05) is 6.54 Å². The number of carbonyl (C=O) groups is 2. The lowest BCUT2D eigenvalue weighted by molar-refractivity contribution is -0.153. The van der Waals surface area contributed by atoms with Crippen LogP contribution in [0.25, 0.3) is 0 Å². The van der Waals surface area contributed by atoms with Crippen LogP contribution in [0.1, 0.15) is 24.2 Å². The predicted octanol–water partition coefficient (Wildman–Crippen LogP) is -0.352.